The summed E-state index contributed by atoms with van der Waals surface area (Å²) in [6.45, 7) is 3.74. The third-order valence-corrected chi connectivity index (χ3v) is 3.90. The number of rotatable bonds is 4. The minimum atomic E-state index is -0.912. The molecule has 2 N–H and O–H groups in total. The third-order valence-electron chi connectivity index (χ3n) is 2.74. The minimum Gasteiger partial charge on any atom is -0.481 e. The van der Waals surface area contributed by atoms with Gasteiger partial charge in [-0.3, -0.25) is 4.79 Å². The van der Waals surface area contributed by atoms with E-state index in [2.05, 4.69) is 27.9 Å². The lowest BCUT2D eigenvalue weighted by molar-refractivity contribution is -0.141. The predicted molar refractivity (Wildman–Crippen MR) is 82.3 cm³/mol. The van der Waals surface area contributed by atoms with Gasteiger partial charge < -0.3 is 15.3 Å². The molecule has 1 aromatic carbocycles. The summed E-state index contributed by atoms with van der Waals surface area (Å²) in [5.74, 6) is -1.50. The Morgan fingerprint density at radius 2 is 2.11 bits per heavy atom. The first-order valence-corrected chi connectivity index (χ1v) is 6.90. The Balaban J connectivity index is 2.63. The lowest BCUT2D eigenvalue weighted by Crippen LogP contribution is -2.36. The normalized spacial score (nSPS) is 11.8. The molecule has 0 radical (unpaired) electrons. The van der Waals surface area contributed by atoms with E-state index in [9.17, 15) is 9.59 Å². The Morgan fingerprint density at radius 1 is 1.47 bits per heavy atom. The molecular formula is C13H17IN2O3. The maximum Gasteiger partial charge on any atom is 0.321 e. The minimum absolute atomic E-state index is 0.171. The number of benzene rings is 1. The monoisotopic (exact) mass is 376 g/mol. The largest absolute Gasteiger partial charge is 0.481 e. The van der Waals surface area contributed by atoms with Gasteiger partial charge in [0.1, 0.15) is 0 Å². The molecular weight excluding hydrogens is 359 g/mol. The van der Waals surface area contributed by atoms with E-state index >= 15 is 0 Å². The average molecular weight is 376 g/mol. The van der Waals surface area contributed by atoms with E-state index in [1.807, 2.05) is 25.1 Å². The fourth-order valence-electron chi connectivity index (χ4n) is 1.46. The summed E-state index contributed by atoms with van der Waals surface area (Å²) in [5.41, 5.74) is 1.85. The Morgan fingerprint density at radius 3 is 2.63 bits per heavy atom. The smallest absolute Gasteiger partial charge is 0.321 e. The Bertz CT molecular complexity index is 491. The Kier molecular flexibility index (Phi) is 5.59. The van der Waals surface area contributed by atoms with Crippen LogP contribution in [0.4, 0.5) is 10.5 Å². The molecule has 0 aliphatic heterocycles. The lowest BCUT2D eigenvalue weighted by Gasteiger charge is -2.20. The van der Waals surface area contributed by atoms with Crippen molar-refractivity contribution in [2.75, 3.05) is 18.9 Å². The number of carboxylic acid groups (broad SMARTS) is 1. The van der Waals surface area contributed by atoms with Gasteiger partial charge in [0.15, 0.2) is 0 Å². The van der Waals surface area contributed by atoms with Crippen molar-refractivity contribution in [3.8, 4) is 0 Å². The predicted octanol–water partition coefficient (Wildman–Crippen LogP) is 2.78. The molecule has 1 atom stereocenters. The van der Waals surface area contributed by atoms with Crippen LogP contribution in [0.5, 0.6) is 0 Å². The van der Waals surface area contributed by atoms with Crippen molar-refractivity contribution in [1.82, 2.24) is 4.90 Å². The standard InChI is InChI=1S/C13H17IN2O3/c1-8-4-5-10(6-11(8)14)15-13(19)16(3)7-9(2)12(17)18/h4-6,9H,7H2,1-3H3,(H,15,19)(H,17,18). The third kappa shape index (κ3) is 4.70. The lowest BCUT2D eigenvalue weighted by atomic mass is 10.2. The quantitative estimate of drug-likeness (QED) is 0.795. The number of hydrogen-bond acceptors (Lipinski definition) is 2. The van der Waals surface area contributed by atoms with Crippen LogP contribution in [-0.2, 0) is 4.79 Å². The van der Waals surface area contributed by atoms with Crippen LogP contribution in [0.3, 0.4) is 0 Å². The van der Waals surface area contributed by atoms with Gasteiger partial charge in [-0.15, -0.1) is 0 Å². The second-order valence-corrected chi connectivity index (χ2v) is 5.68. The highest BCUT2D eigenvalue weighted by Gasteiger charge is 2.17. The maximum atomic E-state index is 11.9. The number of carboxylic acids is 1. The first kappa shape index (κ1) is 15.7. The molecule has 104 valence electrons. The van der Waals surface area contributed by atoms with Gasteiger partial charge in [0.2, 0.25) is 0 Å². The Labute approximate surface area is 126 Å². The SMILES string of the molecule is Cc1ccc(NC(=O)N(C)CC(C)C(=O)O)cc1I. The molecule has 0 saturated carbocycles. The van der Waals surface area contributed by atoms with Crippen molar-refractivity contribution in [2.24, 2.45) is 5.92 Å². The Hall–Kier alpha value is -1.31. The molecule has 2 amide bonds. The van der Waals surface area contributed by atoms with Gasteiger partial charge in [-0.25, -0.2) is 4.79 Å². The highest BCUT2D eigenvalue weighted by molar-refractivity contribution is 14.1. The summed E-state index contributed by atoms with van der Waals surface area (Å²) in [4.78, 5) is 24.0. The average Bonchev–Trinajstić information content (AvgIpc) is 2.33. The zero-order valence-electron chi connectivity index (χ0n) is 11.1. The molecule has 0 fully saturated rings. The molecule has 19 heavy (non-hydrogen) atoms. The van der Waals surface area contributed by atoms with E-state index in [-0.39, 0.29) is 12.6 Å². The van der Waals surface area contributed by atoms with E-state index < -0.39 is 11.9 Å². The molecule has 5 nitrogen and oxygen atoms in total. The summed E-state index contributed by atoms with van der Waals surface area (Å²) >= 11 is 2.20. The molecule has 0 saturated heterocycles. The number of anilines is 1. The van der Waals surface area contributed by atoms with Gasteiger partial charge in [-0.05, 0) is 47.2 Å². The van der Waals surface area contributed by atoms with Gasteiger partial charge in [0.05, 0.1) is 5.92 Å². The van der Waals surface area contributed by atoms with Crippen molar-refractivity contribution < 1.29 is 14.7 Å². The first-order chi connectivity index (χ1) is 8.81. The van der Waals surface area contributed by atoms with Crippen LogP contribution in [0, 0.1) is 16.4 Å². The second kappa shape index (κ2) is 6.74. The van der Waals surface area contributed by atoms with Crippen LogP contribution in [0.1, 0.15) is 12.5 Å². The first-order valence-electron chi connectivity index (χ1n) is 5.82. The molecule has 0 aliphatic carbocycles. The van der Waals surface area contributed by atoms with Crippen molar-refractivity contribution in [1.29, 1.82) is 0 Å². The van der Waals surface area contributed by atoms with Gasteiger partial charge in [-0.1, -0.05) is 13.0 Å². The number of amides is 2. The number of nitrogens with one attached hydrogen (secondary N) is 1. The summed E-state index contributed by atoms with van der Waals surface area (Å²) in [7, 11) is 1.58. The van der Waals surface area contributed by atoms with E-state index in [4.69, 9.17) is 5.11 Å². The van der Waals surface area contributed by atoms with Crippen LogP contribution >= 0.6 is 22.6 Å². The highest BCUT2D eigenvalue weighted by atomic mass is 127. The molecule has 6 heteroatoms. The van der Waals surface area contributed by atoms with E-state index in [0.29, 0.717) is 5.69 Å². The van der Waals surface area contributed by atoms with Crippen LogP contribution in [0.15, 0.2) is 18.2 Å². The number of aryl methyl sites for hydroxylation is 1. The molecule has 0 aromatic heterocycles. The van der Waals surface area contributed by atoms with Crippen molar-refractivity contribution in [3.63, 3.8) is 0 Å². The molecule has 0 spiro atoms. The fourth-order valence-corrected chi connectivity index (χ4v) is 1.98. The zero-order chi connectivity index (χ0) is 14.6. The van der Waals surface area contributed by atoms with Gasteiger partial charge >= 0.3 is 12.0 Å². The van der Waals surface area contributed by atoms with Crippen molar-refractivity contribution in [3.05, 3.63) is 27.3 Å². The number of halogens is 1. The van der Waals surface area contributed by atoms with E-state index in [1.165, 1.54) is 4.90 Å². The zero-order valence-corrected chi connectivity index (χ0v) is 13.3. The number of nitrogens with zero attached hydrogens (tertiary/aromatic N) is 1. The maximum absolute atomic E-state index is 11.9. The number of urea groups is 1. The molecule has 0 aliphatic rings. The summed E-state index contributed by atoms with van der Waals surface area (Å²) in [6, 6.07) is 5.32. The van der Waals surface area contributed by atoms with Gasteiger partial charge in [-0.2, -0.15) is 0 Å². The molecule has 1 unspecified atom stereocenters. The van der Waals surface area contributed by atoms with Crippen LogP contribution in [-0.4, -0.2) is 35.6 Å². The van der Waals surface area contributed by atoms with E-state index in [0.717, 1.165) is 9.13 Å². The van der Waals surface area contributed by atoms with Gasteiger partial charge in [0.25, 0.3) is 0 Å². The molecule has 1 aromatic rings. The van der Waals surface area contributed by atoms with Crippen molar-refractivity contribution in [2.45, 2.75) is 13.8 Å². The van der Waals surface area contributed by atoms with Crippen LogP contribution in [0.25, 0.3) is 0 Å². The number of carbonyl (C=O) groups is 2. The van der Waals surface area contributed by atoms with E-state index in [1.54, 1.807) is 14.0 Å². The number of aliphatic carboxylic acids is 1. The van der Waals surface area contributed by atoms with Crippen molar-refractivity contribution >= 4 is 40.3 Å². The summed E-state index contributed by atoms with van der Waals surface area (Å²) in [5, 5.41) is 11.6. The summed E-state index contributed by atoms with van der Waals surface area (Å²) < 4.78 is 1.07. The molecule has 0 bridgehead atoms. The second-order valence-electron chi connectivity index (χ2n) is 4.51. The number of hydrogen-bond donors (Lipinski definition) is 2. The highest BCUT2D eigenvalue weighted by Crippen LogP contribution is 2.17. The van der Waals surface area contributed by atoms with Gasteiger partial charge in [0, 0.05) is 22.8 Å². The van der Waals surface area contributed by atoms with Crippen LogP contribution in [0.2, 0.25) is 0 Å². The molecule has 0 heterocycles. The topological polar surface area (TPSA) is 69.6 Å². The summed E-state index contributed by atoms with van der Waals surface area (Å²) in [6.07, 6.45) is 0. The fraction of sp³-hybridized carbons (Fsp3) is 0.385. The molecule has 1 rings (SSSR count). The number of carbonyl (C=O) groups excluding carboxylic acids is 1. The van der Waals surface area contributed by atoms with Crippen LogP contribution < -0.4 is 5.32 Å².